The number of pyridine rings is 1. The number of rotatable bonds is 3. The number of nitrogens with zero attached hydrogens (tertiary/aromatic N) is 1. The number of carbonyl (C=O) groups is 1. The van der Waals surface area contributed by atoms with Crippen LogP contribution < -0.4 is 10.9 Å². The SMILES string of the molecule is CCn1cc(NC(=O)c2cc(C#CCO)c(Cl)s2)ccc1=O. The van der Waals surface area contributed by atoms with Crippen molar-refractivity contribution >= 4 is 34.5 Å². The van der Waals surface area contributed by atoms with Crippen LogP contribution in [0.3, 0.4) is 0 Å². The lowest BCUT2D eigenvalue weighted by Gasteiger charge is -2.06. The first kappa shape index (κ1) is 16.3. The highest BCUT2D eigenvalue weighted by atomic mass is 35.5. The fraction of sp³-hybridized carbons (Fsp3) is 0.200. The molecule has 114 valence electrons. The maximum Gasteiger partial charge on any atom is 0.265 e. The van der Waals surface area contributed by atoms with E-state index in [1.54, 1.807) is 18.3 Å². The van der Waals surface area contributed by atoms with Crippen LogP contribution in [0.2, 0.25) is 4.34 Å². The summed E-state index contributed by atoms with van der Waals surface area (Å²) < 4.78 is 1.89. The predicted molar refractivity (Wildman–Crippen MR) is 87.6 cm³/mol. The Morgan fingerprint density at radius 1 is 1.50 bits per heavy atom. The van der Waals surface area contributed by atoms with Gasteiger partial charge in [-0.1, -0.05) is 23.4 Å². The van der Waals surface area contributed by atoms with E-state index < -0.39 is 0 Å². The Bertz CT molecular complexity index is 814. The number of aryl methyl sites for hydroxylation is 1. The van der Waals surface area contributed by atoms with E-state index in [1.807, 2.05) is 6.92 Å². The number of hydrogen-bond donors (Lipinski definition) is 2. The fourth-order valence-corrected chi connectivity index (χ4v) is 2.83. The van der Waals surface area contributed by atoms with Gasteiger partial charge >= 0.3 is 0 Å². The molecule has 2 aromatic rings. The molecule has 5 nitrogen and oxygen atoms in total. The molecule has 0 fully saturated rings. The second kappa shape index (κ2) is 7.27. The van der Waals surface area contributed by atoms with Crippen molar-refractivity contribution in [2.75, 3.05) is 11.9 Å². The van der Waals surface area contributed by atoms with Gasteiger partial charge in [0.05, 0.1) is 16.1 Å². The van der Waals surface area contributed by atoms with Crippen molar-refractivity contribution in [3.05, 3.63) is 49.5 Å². The molecule has 0 bridgehead atoms. The lowest BCUT2D eigenvalue weighted by molar-refractivity contribution is 0.103. The smallest absolute Gasteiger partial charge is 0.265 e. The zero-order valence-corrected chi connectivity index (χ0v) is 13.3. The van der Waals surface area contributed by atoms with Gasteiger partial charge in [0.25, 0.3) is 11.5 Å². The predicted octanol–water partition coefficient (Wildman–Crippen LogP) is 2.18. The number of aromatic nitrogens is 1. The molecule has 2 aromatic heterocycles. The van der Waals surface area contributed by atoms with Gasteiger partial charge < -0.3 is 15.0 Å². The molecule has 0 aliphatic rings. The number of anilines is 1. The van der Waals surface area contributed by atoms with Crippen LogP contribution in [0.1, 0.15) is 22.2 Å². The largest absolute Gasteiger partial charge is 0.384 e. The van der Waals surface area contributed by atoms with Gasteiger partial charge in [-0.3, -0.25) is 9.59 Å². The molecule has 2 N–H and O–H groups in total. The molecule has 0 aliphatic heterocycles. The highest BCUT2D eigenvalue weighted by molar-refractivity contribution is 7.18. The Labute approximate surface area is 136 Å². The fourth-order valence-electron chi connectivity index (χ4n) is 1.75. The van der Waals surface area contributed by atoms with Crippen LogP contribution in [-0.2, 0) is 6.54 Å². The molecule has 0 aliphatic carbocycles. The summed E-state index contributed by atoms with van der Waals surface area (Å²) in [5.74, 6) is 4.84. The third-order valence-corrected chi connectivity index (χ3v) is 4.15. The molecule has 22 heavy (non-hydrogen) atoms. The van der Waals surface area contributed by atoms with Crippen molar-refractivity contribution in [1.29, 1.82) is 0 Å². The molecule has 0 aromatic carbocycles. The van der Waals surface area contributed by atoms with Gasteiger partial charge in [0.2, 0.25) is 0 Å². The van der Waals surface area contributed by atoms with E-state index in [2.05, 4.69) is 17.2 Å². The summed E-state index contributed by atoms with van der Waals surface area (Å²) in [6, 6.07) is 4.52. The van der Waals surface area contributed by atoms with Crippen molar-refractivity contribution in [2.24, 2.45) is 0 Å². The summed E-state index contributed by atoms with van der Waals surface area (Å²) in [4.78, 5) is 24.1. The van der Waals surface area contributed by atoms with Gasteiger partial charge in [0.1, 0.15) is 10.9 Å². The van der Waals surface area contributed by atoms with Crippen LogP contribution in [0.25, 0.3) is 0 Å². The number of amides is 1. The molecular weight excluding hydrogens is 324 g/mol. The summed E-state index contributed by atoms with van der Waals surface area (Å²) in [6.07, 6.45) is 1.59. The topological polar surface area (TPSA) is 71.3 Å². The van der Waals surface area contributed by atoms with Gasteiger partial charge in [-0.05, 0) is 19.1 Å². The second-order valence-corrected chi connectivity index (χ2v) is 5.91. The van der Waals surface area contributed by atoms with Crippen molar-refractivity contribution in [1.82, 2.24) is 4.57 Å². The van der Waals surface area contributed by atoms with Crippen LogP contribution in [0.4, 0.5) is 5.69 Å². The number of aliphatic hydroxyl groups is 1. The molecule has 0 saturated carbocycles. The summed E-state index contributed by atoms with van der Waals surface area (Å²) in [5.41, 5.74) is 0.907. The first-order valence-corrected chi connectivity index (χ1v) is 7.65. The number of halogens is 1. The Hall–Kier alpha value is -2.07. The van der Waals surface area contributed by atoms with E-state index in [4.69, 9.17) is 16.7 Å². The molecule has 7 heteroatoms. The Morgan fingerprint density at radius 2 is 2.27 bits per heavy atom. The molecule has 0 spiro atoms. The van der Waals surface area contributed by atoms with E-state index in [9.17, 15) is 9.59 Å². The molecule has 1 amide bonds. The summed E-state index contributed by atoms with van der Waals surface area (Å²) >= 11 is 7.11. The van der Waals surface area contributed by atoms with Gasteiger partial charge in [-0.25, -0.2) is 0 Å². The molecular formula is C15H13ClN2O3S. The summed E-state index contributed by atoms with van der Waals surface area (Å²) in [6.45, 7) is 2.10. The zero-order chi connectivity index (χ0) is 16.1. The molecule has 2 rings (SSSR count). The normalized spacial score (nSPS) is 9.95. The van der Waals surface area contributed by atoms with Gasteiger partial charge in [0.15, 0.2) is 0 Å². The lowest BCUT2D eigenvalue weighted by Crippen LogP contribution is -2.19. The minimum Gasteiger partial charge on any atom is -0.384 e. The highest BCUT2D eigenvalue weighted by Crippen LogP contribution is 2.27. The van der Waals surface area contributed by atoms with E-state index in [0.717, 1.165) is 11.3 Å². The first-order chi connectivity index (χ1) is 10.5. The van der Waals surface area contributed by atoms with Crippen molar-refractivity contribution < 1.29 is 9.90 Å². The lowest BCUT2D eigenvalue weighted by atomic mass is 10.3. The molecule has 0 saturated heterocycles. The van der Waals surface area contributed by atoms with Crippen LogP contribution in [0.5, 0.6) is 0 Å². The Kier molecular flexibility index (Phi) is 5.39. The van der Waals surface area contributed by atoms with Crippen molar-refractivity contribution in [3.8, 4) is 11.8 Å². The van der Waals surface area contributed by atoms with E-state index in [-0.39, 0.29) is 18.1 Å². The summed E-state index contributed by atoms with van der Waals surface area (Å²) in [5, 5.41) is 11.4. The van der Waals surface area contributed by atoms with Gasteiger partial charge in [-0.2, -0.15) is 0 Å². The van der Waals surface area contributed by atoms with E-state index in [1.165, 1.54) is 10.6 Å². The average Bonchev–Trinajstić information content (AvgIpc) is 2.88. The van der Waals surface area contributed by atoms with Crippen LogP contribution in [0, 0.1) is 11.8 Å². The van der Waals surface area contributed by atoms with Crippen molar-refractivity contribution in [2.45, 2.75) is 13.5 Å². The third-order valence-electron chi connectivity index (χ3n) is 2.79. The minimum absolute atomic E-state index is 0.124. The zero-order valence-electron chi connectivity index (χ0n) is 11.7. The Morgan fingerprint density at radius 3 is 2.95 bits per heavy atom. The number of hydrogen-bond acceptors (Lipinski definition) is 4. The molecule has 0 unspecified atom stereocenters. The molecule has 2 heterocycles. The first-order valence-electron chi connectivity index (χ1n) is 6.46. The second-order valence-electron chi connectivity index (χ2n) is 4.25. The monoisotopic (exact) mass is 336 g/mol. The average molecular weight is 337 g/mol. The standard InChI is InChI=1S/C15H13ClN2O3S/c1-2-18-9-11(5-6-13(18)20)17-15(21)12-8-10(4-3-7-19)14(16)22-12/h5-6,8-9,19H,2,7H2,1H3,(H,17,21). The highest BCUT2D eigenvalue weighted by Gasteiger charge is 2.13. The quantitative estimate of drug-likeness (QED) is 0.844. The number of nitrogens with one attached hydrogen (secondary N) is 1. The number of aliphatic hydroxyl groups excluding tert-OH is 1. The van der Waals surface area contributed by atoms with E-state index >= 15 is 0 Å². The van der Waals surface area contributed by atoms with Crippen molar-refractivity contribution in [3.63, 3.8) is 0 Å². The van der Waals surface area contributed by atoms with Crippen LogP contribution in [-0.4, -0.2) is 22.2 Å². The maximum atomic E-state index is 12.2. The van der Waals surface area contributed by atoms with Crippen LogP contribution >= 0.6 is 22.9 Å². The van der Waals surface area contributed by atoms with Crippen LogP contribution in [0.15, 0.2) is 29.2 Å². The number of carbonyl (C=O) groups excluding carboxylic acids is 1. The molecule has 0 atom stereocenters. The van der Waals surface area contributed by atoms with Gasteiger partial charge in [0, 0.05) is 18.8 Å². The summed E-state index contributed by atoms with van der Waals surface area (Å²) in [7, 11) is 0. The number of thiophene rings is 1. The van der Waals surface area contributed by atoms with E-state index in [0.29, 0.717) is 27.0 Å². The minimum atomic E-state index is -0.328. The third kappa shape index (κ3) is 3.77. The Balaban J connectivity index is 2.21. The molecule has 0 radical (unpaired) electrons. The maximum absolute atomic E-state index is 12.2. The van der Waals surface area contributed by atoms with Gasteiger partial charge in [-0.15, -0.1) is 11.3 Å².